The van der Waals surface area contributed by atoms with E-state index in [4.69, 9.17) is 0 Å². The number of hydrogen-bond acceptors (Lipinski definition) is 6. The zero-order chi connectivity index (χ0) is 14.9. The predicted molar refractivity (Wildman–Crippen MR) is 73.7 cm³/mol. The Morgan fingerprint density at radius 1 is 1.43 bits per heavy atom. The maximum atomic E-state index is 12.4. The van der Waals surface area contributed by atoms with Crippen molar-refractivity contribution in [1.29, 1.82) is 0 Å². The van der Waals surface area contributed by atoms with E-state index < -0.39 is 10.0 Å². The summed E-state index contributed by atoms with van der Waals surface area (Å²) >= 11 is 0. The van der Waals surface area contributed by atoms with Crippen LogP contribution in [0.4, 0.5) is 0 Å². The van der Waals surface area contributed by atoms with Crippen LogP contribution in [0.3, 0.4) is 0 Å². The van der Waals surface area contributed by atoms with Crippen molar-refractivity contribution < 1.29 is 12.9 Å². The lowest BCUT2D eigenvalue weighted by molar-refractivity contribution is 0.411. The number of rotatable bonds is 7. The predicted octanol–water partition coefficient (Wildman–Crippen LogP) is 0.437. The third kappa shape index (κ3) is 3.31. The largest absolute Gasteiger partial charge is 0.364 e. The quantitative estimate of drug-likeness (QED) is 0.684. The fraction of sp³-hybridized carbons (Fsp3) is 0.500. The van der Waals surface area contributed by atoms with Crippen molar-refractivity contribution in [3.05, 3.63) is 29.4 Å². The van der Waals surface area contributed by atoms with Crippen molar-refractivity contribution in [3.8, 4) is 0 Å². The van der Waals surface area contributed by atoms with Gasteiger partial charge in [-0.05, 0) is 19.8 Å². The number of nitrogens with zero attached hydrogens (tertiary/aromatic N) is 2. The molecule has 3 rings (SSSR count). The van der Waals surface area contributed by atoms with E-state index in [9.17, 15) is 8.42 Å². The van der Waals surface area contributed by atoms with Crippen LogP contribution in [0.25, 0.3) is 0 Å². The Morgan fingerprint density at radius 2 is 2.24 bits per heavy atom. The monoisotopic (exact) mass is 311 g/mol. The molecule has 0 unspecified atom stereocenters. The normalized spacial score (nSPS) is 15.5. The van der Waals surface area contributed by atoms with Gasteiger partial charge < -0.3 is 9.84 Å². The first-order valence-corrected chi connectivity index (χ1v) is 8.21. The Labute approximate surface area is 122 Å². The third-order valence-electron chi connectivity index (χ3n) is 3.30. The molecule has 1 fully saturated rings. The van der Waals surface area contributed by atoms with Crippen LogP contribution in [0.2, 0.25) is 0 Å². The van der Waals surface area contributed by atoms with Gasteiger partial charge in [0.05, 0.1) is 23.6 Å². The van der Waals surface area contributed by atoms with Gasteiger partial charge in [0.2, 0.25) is 10.0 Å². The molecule has 0 saturated heterocycles. The molecule has 9 heteroatoms. The van der Waals surface area contributed by atoms with E-state index in [0.29, 0.717) is 29.7 Å². The van der Waals surface area contributed by atoms with Crippen molar-refractivity contribution in [2.45, 2.75) is 43.8 Å². The van der Waals surface area contributed by atoms with Crippen LogP contribution < -0.4 is 10.0 Å². The zero-order valence-electron chi connectivity index (χ0n) is 11.6. The molecule has 114 valence electrons. The molecule has 2 aromatic heterocycles. The number of aromatic amines is 1. The first-order valence-electron chi connectivity index (χ1n) is 6.72. The molecular formula is C12H17N5O3S. The molecule has 0 spiro atoms. The Hall–Kier alpha value is -1.71. The van der Waals surface area contributed by atoms with E-state index in [1.807, 2.05) is 0 Å². The molecule has 0 aliphatic heterocycles. The number of H-pyrrole nitrogens is 1. The second kappa shape index (κ2) is 5.58. The fourth-order valence-corrected chi connectivity index (χ4v) is 3.40. The number of aryl methyl sites for hydroxylation is 1. The molecule has 21 heavy (non-hydrogen) atoms. The summed E-state index contributed by atoms with van der Waals surface area (Å²) in [7, 11) is -3.65. The second-order valence-corrected chi connectivity index (χ2v) is 6.80. The highest BCUT2D eigenvalue weighted by atomic mass is 32.2. The highest BCUT2D eigenvalue weighted by molar-refractivity contribution is 7.89. The summed E-state index contributed by atoms with van der Waals surface area (Å²) in [6, 6.07) is 2.10. The Bertz CT molecular complexity index is 703. The standard InChI is InChI=1S/C12H17N5O3S/c1-8-12(11(16-15-8)7-13-9-2-3-9)21(18,19)14-6-10-4-5-20-17-10/h4-5,9,13-14H,2-3,6-7H2,1H3,(H,15,16). The summed E-state index contributed by atoms with van der Waals surface area (Å²) in [4.78, 5) is 0.208. The topological polar surface area (TPSA) is 113 Å². The summed E-state index contributed by atoms with van der Waals surface area (Å²) in [6.07, 6.45) is 3.67. The Kier molecular flexibility index (Phi) is 3.79. The van der Waals surface area contributed by atoms with Crippen LogP contribution in [0, 0.1) is 6.92 Å². The Morgan fingerprint density at radius 3 is 2.90 bits per heavy atom. The summed E-state index contributed by atoms with van der Waals surface area (Å²) in [5, 5.41) is 13.8. The SMILES string of the molecule is Cc1[nH]nc(CNC2CC2)c1S(=O)(=O)NCc1ccon1. The van der Waals surface area contributed by atoms with Crippen LogP contribution in [0.15, 0.2) is 21.7 Å². The highest BCUT2D eigenvalue weighted by Crippen LogP contribution is 2.22. The fourth-order valence-electron chi connectivity index (χ4n) is 2.04. The van der Waals surface area contributed by atoms with Gasteiger partial charge in [0, 0.05) is 18.7 Å². The van der Waals surface area contributed by atoms with E-state index in [-0.39, 0.29) is 11.4 Å². The molecule has 3 N–H and O–H groups in total. The molecule has 2 heterocycles. The second-order valence-electron chi connectivity index (χ2n) is 5.09. The molecule has 1 aliphatic carbocycles. The van der Waals surface area contributed by atoms with Gasteiger partial charge in [0.1, 0.15) is 11.2 Å². The minimum Gasteiger partial charge on any atom is -0.364 e. The van der Waals surface area contributed by atoms with E-state index in [1.54, 1.807) is 13.0 Å². The van der Waals surface area contributed by atoms with Gasteiger partial charge in [-0.15, -0.1) is 0 Å². The molecule has 1 saturated carbocycles. The van der Waals surface area contributed by atoms with Crippen molar-refractivity contribution in [2.75, 3.05) is 0 Å². The first kappa shape index (κ1) is 14.2. The zero-order valence-corrected chi connectivity index (χ0v) is 12.4. The smallest absolute Gasteiger partial charge is 0.244 e. The van der Waals surface area contributed by atoms with E-state index in [2.05, 4.69) is 29.9 Å². The molecule has 0 aromatic carbocycles. The van der Waals surface area contributed by atoms with E-state index in [1.165, 1.54) is 6.26 Å². The van der Waals surface area contributed by atoms with Gasteiger partial charge in [-0.1, -0.05) is 5.16 Å². The number of hydrogen-bond donors (Lipinski definition) is 3. The van der Waals surface area contributed by atoms with Crippen molar-refractivity contribution >= 4 is 10.0 Å². The lowest BCUT2D eigenvalue weighted by Crippen LogP contribution is -2.26. The molecule has 0 amide bonds. The number of aromatic nitrogens is 3. The molecule has 0 atom stereocenters. The van der Waals surface area contributed by atoms with Gasteiger partial charge in [-0.3, -0.25) is 5.10 Å². The minimum absolute atomic E-state index is 0.0823. The summed E-state index contributed by atoms with van der Waals surface area (Å²) in [5.74, 6) is 0. The molecule has 0 radical (unpaired) electrons. The Balaban J connectivity index is 1.75. The van der Waals surface area contributed by atoms with Gasteiger partial charge in [0.25, 0.3) is 0 Å². The average Bonchev–Trinajstić information content (AvgIpc) is 2.97. The summed E-state index contributed by atoms with van der Waals surface area (Å²) < 4.78 is 32.1. The van der Waals surface area contributed by atoms with Gasteiger partial charge in [-0.2, -0.15) is 5.10 Å². The van der Waals surface area contributed by atoms with E-state index in [0.717, 1.165) is 12.8 Å². The third-order valence-corrected chi connectivity index (χ3v) is 4.90. The maximum absolute atomic E-state index is 12.4. The minimum atomic E-state index is -3.65. The van der Waals surface area contributed by atoms with Gasteiger partial charge in [0.15, 0.2) is 0 Å². The molecular weight excluding hydrogens is 294 g/mol. The van der Waals surface area contributed by atoms with E-state index >= 15 is 0 Å². The lowest BCUT2D eigenvalue weighted by Gasteiger charge is -2.07. The maximum Gasteiger partial charge on any atom is 0.244 e. The number of sulfonamides is 1. The van der Waals surface area contributed by atoms with Crippen LogP contribution in [0.1, 0.15) is 29.9 Å². The first-order chi connectivity index (χ1) is 10.1. The van der Waals surface area contributed by atoms with Crippen molar-refractivity contribution in [3.63, 3.8) is 0 Å². The lowest BCUT2D eigenvalue weighted by atomic mass is 10.3. The van der Waals surface area contributed by atoms with Gasteiger partial charge in [-0.25, -0.2) is 13.1 Å². The van der Waals surface area contributed by atoms with Crippen LogP contribution >= 0.6 is 0 Å². The van der Waals surface area contributed by atoms with Crippen molar-refractivity contribution in [1.82, 2.24) is 25.4 Å². The molecule has 2 aromatic rings. The summed E-state index contributed by atoms with van der Waals surface area (Å²) in [6.45, 7) is 2.21. The molecule has 0 bridgehead atoms. The molecule has 8 nitrogen and oxygen atoms in total. The number of nitrogens with one attached hydrogen (secondary N) is 3. The molecule has 1 aliphatic rings. The van der Waals surface area contributed by atoms with Gasteiger partial charge >= 0.3 is 0 Å². The van der Waals surface area contributed by atoms with Crippen LogP contribution in [-0.2, 0) is 23.1 Å². The van der Waals surface area contributed by atoms with Crippen LogP contribution in [-0.4, -0.2) is 29.8 Å². The van der Waals surface area contributed by atoms with Crippen molar-refractivity contribution in [2.24, 2.45) is 0 Å². The summed E-state index contributed by atoms with van der Waals surface area (Å²) in [5.41, 5.74) is 1.56. The average molecular weight is 311 g/mol. The van der Waals surface area contributed by atoms with Crippen LogP contribution in [0.5, 0.6) is 0 Å². The highest BCUT2D eigenvalue weighted by Gasteiger charge is 2.26.